The molecule has 0 aromatic heterocycles. The minimum atomic E-state index is -1.04. The molecule has 8 heteroatoms. The van der Waals surface area contributed by atoms with E-state index in [1.807, 2.05) is 53.4 Å². The van der Waals surface area contributed by atoms with Crippen LogP contribution in [0.1, 0.15) is 38.2 Å². The number of aliphatic imine (C=N–C) groups is 1. The first-order chi connectivity index (χ1) is 15.9. The largest absolute Gasteiger partial charge is 0.481 e. The van der Waals surface area contributed by atoms with Gasteiger partial charge in [0.05, 0.1) is 15.1 Å². The summed E-state index contributed by atoms with van der Waals surface area (Å²) >= 11 is 4.83. The lowest BCUT2D eigenvalue weighted by Crippen LogP contribution is -2.44. The van der Waals surface area contributed by atoms with Crippen LogP contribution in [0.4, 0.5) is 5.69 Å². The summed E-state index contributed by atoms with van der Waals surface area (Å²) in [6.45, 7) is 1.80. The molecule has 33 heavy (non-hydrogen) atoms. The summed E-state index contributed by atoms with van der Waals surface area (Å²) in [7, 11) is 0. The van der Waals surface area contributed by atoms with E-state index in [9.17, 15) is 9.59 Å². The molecule has 1 aliphatic carbocycles. The maximum atomic E-state index is 13.5. The van der Waals surface area contributed by atoms with Gasteiger partial charge in [-0.3, -0.25) is 9.69 Å². The summed E-state index contributed by atoms with van der Waals surface area (Å²) in [5.74, 6) is -0.198. The maximum absolute atomic E-state index is 13.5. The number of hydrogen-bond acceptors (Lipinski definition) is 5. The highest BCUT2D eigenvalue weighted by molar-refractivity contribution is 9.10. The lowest BCUT2D eigenvalue weighted by molar-refractivity contribution is -0.139. The molecule has 0 bridgehead atoms. The molecule has 1 N–H and O–H groups in total. The van der Waals surface area contributed by atoms with E-state index in [0.29, 0.717) is 21.0 Å². The Morgan fingerprint density at radius 1 is 1.24 bits per heavy atom. The van der Waals surface area contributed by atoms with Crippen LogP contribution in [0.25, 0.3) is 6.08 Å². The summed E-state index contributed by atoms with van der Waals surface area (Å²) in [6.07, 6.45) is 6.26. The van der Waals surface area contributed by atoms with Crippen molar-refractivity contribution in [3.8, 4) is 5.75 Å². The Bertz CT molecular complexity index is 1100. The molecule has 1 amide bonds. The normalized spacial score (nSPS) is 23.3. The molecule has 1 heterocycles. The molecule has 0 unspecified atom stereocenters. The average Bonchev–Trinajstić information content (AvgIpc) is 3.08. The number of para-hydroxylation sites is 1. The molecule has 0 spiro atoms. The molecule has 172 valence electrons. The Balaban J connectivity index is 1.64. The monoisotopic (exact) mass is 528 g/mol. The third-order valence-electron chi connectivity index (χ3n) is 5.82. The van der Waals surface area contributed by atoms with Gasteiger partial charge in [-0.15, -0.1) is 0 Å². The lowest BCUT2D eigenvalue weighted by atomic mass is 9.85. The number of aliphatic carboxylic acids is 1. The molecule has 2 aliphatic rings. The second kappa shape index (κ2) is 10.6. The van der Waals surface area contributed by atoms with Crippen molar-refractivity contribution in [2.45, 2.75) is 38.6 Å². The highest BCUT2D eigenvalue weighted by Crippen LogP contribution is 2.40. The standard InChI is InChI=1S/C25H25BrN2O4S/c1-16-7-5-6-10-20(16)28-24(31)22(33-25(28)27-18-8-3-2-4-9-18)14-17-11-12-21(19(26)13-17)32-15-23(29)30/h2-4,8-9,11-14,16,20H,5-7,10,15H2,1H3,(H,29,30)/b22-14-,27-25?/t16-,20-/m0/s1. The average molecular weight is 529 g/mol. The number of carbonyl (C=O) groups excluding carboxylic acids is 1. The first-order valence-electron chi connectivity index (χ1n) is 10.9. The molecule has 1 aliphatic heterocycles. The van der Waals surface area contributed by atoms with E-state index >= 15 is 0 Å². The number of rotatable bonds is 6. The first kappa shape index (κ1) is 23.6. The Hall–Kier alpha value is -2.58. The molecule has 4 rings (SSSR count). The van der Waals surface area contributed by atoms with E-state index in [-0.39, 0.29) is 11.9 Å². The number of amides is 1. The number of amidine groups is 1. The minimum absolute atomic E-state index is 0.0178. The number of thioether (sulfide) groups is 1. The number of carbonyl (C=O) groups is 2. The lowest BCUT2D eigenvalue weighted by Gasteiger charge is -2.35. The van der Waals surface area contributed by atoms with E-state index in [0.717, 1.165) is 35.7 Å². The van der Waals surface area contributed by atoms with Gasteiger partial charge in [-0.2, -0.15) is 0 Å². The third-order valence-corrected chi connectivity index (χ3v) is 7.42. The molecule has 2 fully saturated rings. The minimum Gasteiger partial charge on any atom is -0.481 e. The van der Waals surface area contributed by atoms with Crippen LogP contribution >= 0.6 is 27.7 Å². The summed E-state index contributed by atoms with van der Waals surface area (Å²) in [6, 6.07) is 15.2. The fourth-order valence-corrected chi connectivity index (χ4v) is 5.72. The number of hydrogen-bond donors (Lipinski definition) is 1. The fourth-order valence-electron chi connectivity index (χ4n) is 4.17. The molecule has 0 radical (unpaired) electrons. The smallest absolute Gasteiger partial charge is 0.341 e. The molecule has 2 aromatic rings. The summed E-state index contributed by atoms with van der Waals surface area (Å²) < 4.78 is 5.90. The zero-order valence-electron chi connectivity index (χ0n) is 18.2. The van der Waals surface area contributed by atoms with Crippen molar-refractivity contribution in [2.24, 2.45) is 10.9 Å². The van der Waals surface area contributed by atoms with Crippen molar-refractivity contribution in [1.82, 2.24) is 4.90 Å². The molecule has 6 nitrogen and oxygen atoms in total. The zero-order valence-corrected chi connectivity index (χ0v) is 20.6. The molecular formula is C25H25BrN2O4S. The van der Waals surface area contributed by atoms with Gasteiger partial charge in [0.25, 0.3) is 5.91 Å². The Labute approximate surface area is 205 Å². The number of halogens is 1. The SMILES string of the molecule is C[C@H]1CCCC[C@@H]1N1C(=O)/C(=C/c2ccc(OCC(=O)O)c(Br)c2)SC1=Nc1ccccc1. The summed E-state index contributed by atoms with van der Waals surface area (Å²) in [5, 5.41) is 9.53. The van der Waals surface area contributed by atoms with Crippen molar-refractivity contribution >= 4 is 56.5 Å². The number of carboxylic acid groups (broad SMARTS) is 1. The zero-order chi connectivity index (χ0) is 23.4. The van der Waals surface area contributed by atoms with Gasteiger partial charge in [-0.1, -0.05) is 44.0 Å². The van der Waals surface area contributed by atoms with Crippen LogP contribution in [-0.2, 0) is 9.59 Å². The molecular weight excluding hydrogens is 504 g/mol. The van der Waals surface area contributed by atoms with Crippen LogP contribution in [0.2, 0.25) is 0 Å². The highest BCUT2D eigenvalue weighted by atomic mass is 79.9. The molecule has 2 aromatic carbocycles. The van der Waals surface area contributed by atoms with E-state index in [1.165, 1.54) is 18.2 Å². The van der Waals surface area contributed by atoms with Crippen LogP contribution in [-0.4, -0.2) is 39.7 Å². The van der Waals surface area contributed by atoms with Crippen LogP contribution in [0.5, 0.6) is 5.75 Å². The van der Waals surface area contributed by atoms with Gasteiger partial charge in [0.1, 0.15) is 5.75 Å². The number of ether oxygens (including phenoxy) is 1. The highest BCUT2D eigenvalue weighted by Gasteiger charge is 2.41. The second-order valence-electron chi connectivity index (χ2n) is 8.22. The van der Waals surface area contributed by atoms with Gasteiger partial charge < -0.3 is 9.84 Å². The van der Waals surface area contributed by atoms with Crippen LogP contribution < -0.4 is 4.74 Å². The van der Waals surface area contributed by atoms with Crippen molar-refractivity contribution in [1.29, 1.82) is 0 Å². The van der Waals surface area contributed by atoms with E-state index in [2.05, 4.69) is 22.9 Å². The topological polar surface area (TPSA) is 79.2 Å². The Morgan fingerprint density at radius 3 is 2.70 bits per heavy atom. The van der Waals surface area contributed by atoms with E-state index in [4.69, 9.17) is 14.8 Å². The molecule has 1 saturated carbocycles. The summed E-state index contributed by atoms with van der Waals surface area (Å²) in [4.78, 5) is 31.6. The maximum Gasteiger partial charge on any atom is 0.341 e. The van der Waals surface area contributed by atoms with Gasteiger partial charge in [0, 0.05) is 6.04 Å². The fraction of sp³-hybridized carbons (Fsp3) is 0.320. The number of carboxylic acids is 1. The molecule has 1 saturated heterocycles. The predicted octanol–water partition coefficient (Wildman–Crippen LogP) is 6.10. The Morgan fingerprint density at radius 2 is 2.00 bits per heavy atom. The van der Waals surface area contributed by atoms with Crippen molar-refractivity contribution in [3.63, 3.8) is 0 Å². The van der Waals surface area contributed by atoms with Gasteiger partial charge in [-0.25, -0.2) is 9.79 Å². The van der Waals surface area contributed by atoms with Crippen molar-refractivity contribution in [3.05, 3.63) is 63.5 Å². The quantitative estimate of drug-likeness (QED) is 0.458. The van der Waals surface area contributed by atoms with Gasteiger partial charge in [-0.05, 0) is 82.4 Å². The second-order valence-corrected chi connectivity index (χ2v) is 10.1. The van der Waals surface area contributed by atoms with Crippen LogP contribution in [0.15, 0.2) is 62.9 Å². The van der Waals surface area contributed by atoms with Crippen molar-refractivity contribution < 1.29 is 19.4 Å². The predicted molar refractivity (Wildman–Crippen MR) is 135 cm³/mol. The summed E-state index contributed by atoms with van der Waals surface area (Å²) in [5.41, 5.74) is 1.64. The van der Waals surface area contributed by atoms with Crippen LogP contribution in [0.3, 0.4) is 0 Å². The molecule has 2 atom stereocenters. The first-order valence-corrected chi connectivity index (χ1v) is 12.5. The van der Waals surface area contributed by atoms with Crippen molar-refractivity contribution in [2.75, 3.05) is 6.61 Å². The van der Waals surface area contributed by atoms with E-state index < -0.39 is 12.6 Å². The number of nitrogens with zero attached hydrogens (tertiary/aromatic N) is 2. The van der Waals surface area contributed by atoms with Gasteiger partial charge in [0.15, 0.2) is 11.8 Å². The van der Waals surface area contributed by atoms with Crippen LogP contribution in [0, 0.1) is 5.92 Å². The van der Waals surface area contributed by atoms with Gasteiger partial charge >= 0.3 is 5.97 Å². The third kappa shape index (κ3) is 5.68. The van der Waals surface area contributed by atoms with Gasteiger partial charge in [0.2, 0.25) is 0 Å². The van der Waals surface area contributed by atoms with E-state index in [1.54, 1.807) is 6.07 Å². The number of benzene rings is 2. The Kier molecular flexibility index (Phi) is 7.55.